The van der Waals surface area contributed by atoms with Gasteiger partial charge in [-0.1, -0.05) is 24.3 Å². The number of hydrogen-bond acceptors (Lipinski definition) is 2. The third-order valence-corrected chi connectivity index (χ3v) is 3.66. The van der Waals surface area contributed by atoms with E-state index in [1.54, 1.807) is 0 Å². The highest BCUT2D eigenvalue weighted by Gasteiger charge is 2.25. The molecule has 2 heterocycles. The summed E-state index contributed by atoms with van der Waals surface area (Å²) >= 11 is 0. The van der Waals surface area contributed by atoms with E-state index in [2.05, 4.69) is 59.2 Å². The molecule has 3 heteroatoms. The van der Waals surface area contributed by atoms with Crippen molar-refractivity contribution in [2.24, 2.45) is 0 Å². The van der Waals surface area contributed by atoms with E-state index in [1.165, 1.54) is 17.0 Å². The minimum absolute atomic E-state index is 0.368. The SMILES string of the molecule is CC(C)n1ccnc1[C@H]1CNCc2ccccc21. The molecule has 0 saturated heterocycles. The molecule has 0 spiro atoms. The summed E-state index contributed by atoms with van der Waals surface area (Å²) in [5, 5.41) is 3.49. The first kappa shape index (κ1) is 11.5. The van der Waals surface area contributed by atoms with Crippen LogP contribution in [0.1, 0.15) is 42.8 Å². The van der Waals surface area contributed by atoms with E-state index in [1.807, 2.05) is 6.20 Å². The molecule has 1 aromatic carbocycles. The summed E-state index contributed by atoms with van der Waals surface area (Å²) in [5.74, 6) is 1.54. The molecule has 1 aliphatic heterocycles. The molecule has 0 radical (unpaired) electrons. The summed E-state index contributed by atoms with van der Waals surface area (Å²) in [4.78, 5) is 4.58. The van der Waals surface area contributed by atoms with Crippen LogP contribution in [0.4, 0.5) is 0 Å². The lowest BCUT2D eigenvalue weighted by molar-refractivity contribution is 0.510. The van der Waals surface area contributed by atoms with E-state index in [4.69, 9.17) is 0 Å². The van der Waals surface area contributed by atoms with Gasteiger partial charge in [0, 0.05) is 31.5 Å². The van der Waals surface area contributed by atoms with E-state index >= 15 is 0 Å². The lowest BCUT2D eigenvalue weighted by Crippen LogP contribution is -2.30. The molecule has 0 unspecified atom stereocenters. The van der Waals surface area contributed by atoms with Gasteiger partial charge in [-0.15, -0.1) is 0 Å². The van der Waals surface area contributed by atoms with Gasteiger partial charge in [0.2, 0.25) is 0 Å². The van der Waals surface area contributed by atoms with Crippen molar-refractivity contribution in [3.05, 3.63) is 53.6 Å². The molecule has 18 heavy (non-hydrogen) atoms. The van der Waals surface area contributed by atoms with Gasteiger partial charge >= 0.3 is 0 Å². The number of nitrogens with zero attached hydrogens (tertiary/aromatic N) is 2. The van der Waals surface area contributed by atoms with Crippen LogP contribution in [0.5, 0.6) is 0 Å². The standard InChI is InChI=1S/C15H19N3/c1-11(2)18-8-7-17-15(18)14-10-16-9-12-5-3-4-6-13(12)14/h3-8,11,14,16H,9-10H2,1-2H3/t14-/m0/s1. The van der Waals surface area contributed by atoms with Gasteiger partial charge in [0.25, 0.3) is 0 Å². The van der Waals surface area contributed by atoms with E-state index in [9.17, 15) is 0 Å². The van der Waals surface area contributed by atoms with E-state index in [-0.39, 0.29) is 0 Å². The Morgan fingerprint density at radius 1 is 1.33 bits per heavy atom. The highest BCUT2D eigenvalue weighted by Crippen LogP contribution is 2.30. The van der Waals surface area contributed by atoms with Gasteiger partial charge in [0.1, 0.15) is 5.82 Å². The Hall–Kier alpha value is -1.61. The smallest absolute Gasteiger partial charge is 0.117 e. The maximum atomic E-state index is 4.58. The van der Waals surface area contributed by atoms with Crippen molar-refractivity contribution in [1.29, 1.82) is 0 Å². The van der Waals surface area contributed by atoms with Crippen molar-refractivity contribution in [3.63, 3.8) is 0 Å². The maximum Gasteiger partial charge on any atom is 0.117 e. The Morgan fingerprint density at radius 2 is 2.17 bits per heavy atom. The van der Waals surface area contributed by atoms with Crippen molar-refractivity contribution in [2.75, 3.05) is 6.54 Å². The molecule has 1 aromatic heterocycles. The van der Waals surface area contributed by atoms with Gasteiger partial charge in [0.15, 0.2) is 0 Å². The summed E-state index contributed by atoms with van der Waals surface area (Å²) in [5.41, 5.74) is 2.82. The van der Waals surface area contributed by atoms with Crippen LogP contribution in [-0.2, 0) is 6.54 Å². The van der Waals surface area contributed by atoms with Crippen LogP contribution < -0.4 is 5.32 Å². The fourth-order valence-electron chi connectivity index (χ4n) is 2.76. The van der Waals surface area contributed by atoms with Crippen LogP contribution in [0.2, 0.25) is 0 Å². The Morgan fingerprint density at radius 3 is 3.00 bits per heavy atom. The first-order valence-corrected chi connectivity index (χ1v) is 6.58. The average molecular weight is 241 g/mol. The van der Waals surface area contributed by atoms with Crippen molar-refractivity contribution in [3.8, 4) is 0 Å². The van der Waals surface area contributed by atoms with Crippen LogP contribution in [0.25, 0.3) is 0 Å². The molecule has 0 bridgehead atoms. The minimum atomic E-state index is 0.368. The molecule has 2 aromatic rings. The lowest BCUT2D eigenvalue weighted by Gasteiger charge is -2.27. The molecular formula is C15H19N3. The monoisotopic (exact) mass is 241 g/mol. The Labute approximate surface area is 108 Å². The third-order valence-electron chi connectivity index (χ3n) is 3.66. The number of hydrogen-bond donors (Lipinski definition) is 1. The lowest BCUT2D eigenvalue weighted by atomic mass is 9.90. The second-order valence-corrected chi connectivity index (χ2v) is 5.17. The zero-order valence-electron chi connectivity index (χ0n) is 10.9. The molecule has 3 nitrogen and oxygen atoms in total. The maximum absolute atomic E-state index is 4.58. The minimum Gasteiger partial charge on any atom is -0.332 e. The summed E-state index contributed by atoms with van der Waals surface area (Å²) in [6.07, 6.45) is 3.99. The summed E-state index contributed by atoms with van der Waals surface area (Å²) < 4.78 is 2.27. The quantitative estimate of drug-likeness (QED) is 0.876. The largest absolute Gasteiger partial charge is 0.332 e. The predicted octanol–water partition coefficient (Wildman–Crippen LogP) is 2.70. The summed E-state index contributed by atoms with van der Waals surface area (Å²) in [6, 6.07) is 9.13. The molecule has 0 saturated carbocycles. The number of imidazole rings is 1. The Balaban J connectivity index is 2.06. The third kappa shape index (κ3) is 1.85. The second kappa shape index (κ2) is 4.58. The number of nitrogens with one attached hydrogen (secondary N) is 1. The number of aromatic nitrogens is 2. The molecule has 0 aliphatic carbocycles. The predicted molar refractivity (Wildman–Crippen MR) is 72.6 cm³/mol. The van der Waals surface area contributed by atoms with E-state index in [0.717, 1.165) is 13.1 Å². The molecule has 1 N–H and O–H groups in total. The molecule has 1 aliphatic rings. The molecule has 0 fully saturated rings. The van der Waals surface area contributed by atoms with Gasteiger partial charge in [0.05, 0.1) is 5.92 Å². The van der Waals surface area contributed by atoms with Crippen molar-refractivity contribution in [2.45, 2.75) is 32.4 Å². The fourth-order valence-corrected chi connectivity index (χ4v) is 2.76. The van der Waals surface area contributed by atoms with Crippen LogP contribution >= 0.6 is 0 Å². The zero-order chi connectivity index (χ0) is 12.5. The average Bonchev–Trinajstić information content (AvgIpc) is 2.87. The highest BCUT2D eigenvalue weighted by atomic mass is 15.1. The number of fused-ring (bicyclic) bond motifs is 1. The van der Waals surface area contributed by atoms with E-state index < -0.39 is 0 Å². The van der Waals surface area contributed by atoms with Crippen LogP contribution in [0.15, 0.2) is 36.7 Å². The van der Waals surface area contributed by atoms with Gasteiger partial charge in [-0.05, 0) is 25.0 Å². The van der Waals surface area contributed by atoms with Crippen molar-refractivity contribution < 1.29 is 0 Å². The Kier molecular flexibility index (Phi) is 2.92. The van der Waals surface area contributed by atoms with Crippen LogP contribution in [-0.4, -0.2) is 16.1 Å². The van der Waals surface area contributed by atoms with Crippen molar-refractivity contribution >= 4 is 0 Å². The van der Waals surface area contributed by atoms with Crippen LogP contribution in [0.3, 0.4) is 0 Å². The molecule has 3 rings (SSSR count). The summed E-state index contributed by atoms with van der Waals surface area (Å²) in [7, 11) is 0. The fraction of sp³-hybridized carbons (Fsp3) is 0.400. The molecule has 0 amide bonds. The normalized spacial score (nSPS) is 18.9. The molecule has 1 atom stereocenters. The first-order valence-electron chi connectivity index (χ1n) is 6.58. The molecule has 94 valence electrons. The van der Waals surface area contributed by atoms with Crippen LogP contribution in [0, 0.1) is 0 Å². The zero-order valence-corrected chi connectivity index (χ0v) is 10.9. The second-order valence-electron chi connectivity index (χ2n) is 5.17. The topological polar surface area (TPSA) is 29.9 Å². The van der Waals surface area contributed by atoms with Crippen molar-refractivity contribution in [1.82, 2.24) is 14.9 Å². The highest BCUT2D eigenvalue weighted by molar-refractivity contribution is 5.36. The van der Waals surface area contributed by atoms with Gasteiger partial charge in [-0.3, -0.25) is 0 Å². The van der Waals surface area contributed by atoms with Gasteiger partial charge in [-0.2, -0.15) is 0 Å². The molecular weight excluding hydrogens is 222 g/mol. The van der Waals surface area contributed by atoms with Gasteiger partial charge < -0.3 is 9.88 Å². The number of rotatable bonds is 2. The van der Waals surface area contributed by atoms with E-state index in [0.29, 0.717) is 12.0 Å². The Bertz CT molecular complexity index is 542. The van der Waals surface area contributed by atoms with Gasteiger partial charge in [-0.25, -0.2) is 4.98 Å². The first-order chi connectivity index (χ1) is 8.77. The summed E-state index contributed by atoms with van der Waals surface area (Å²) in [6.45, 7) is 6.34. The number of benzene rings is 1.